The second-order valence-corrected chi connectivity index (χ2v) is 4.00. The molecule has 0 aromatic heterocycles. The normalized spacial score (nSPS) is 9.31. The molecule has 0 heterocycles. The zero-order valence-corrected chi connectivity index (χ0v) is 9.52. The Hall–Kier alpha value is -0.860. The topological polar surface area (TPSA) is 66.9 Å². The number of primary amides is 1. The minimum atomic E-state index is -0.522. The van der Waals surface area contributed by atoms with Gasteiger partial charge >= 0.3 is 0 Å². The molecule has 3 nitrogen and oxygen atoms in total. The molecule has 0 aliphatic rings. The van der Waals surface area contributed by atoms with Gasteiger partial charge in [0.2, 0.25) is 5.91 Å². The molecular formula is C8H4Br2N2O. The zero-order chi connectivity index (χ0) is 10.0. The van der Waals surface area contributed by atoms with Crippen molar-refractivity contribution in [2.75, 3.05) is 0 Å². The van der Waals surface area contributed by atoms with Crippen molar-refractivity contribution in [3.8, 4) is 6.07 Å². The summed E-state index contributed by atoms with van der Waals surface area (Å²) in [4.78, 5) is 10.8. The number of nitriles is 1. The highest BCUT2D eigenvalue weighted by Crippen LogP contribution is 2.26. The largest absolute Gasteiger partial charge is 0.366 e. The molecule has 1 amide bonds. The summed E-state index contributed by atoms with van der Waals surface area (Å²) in [5.41, 5.74) is 5.89. The highest BCUT2D eigenvalue weighted by Gasteiger charge is 2.09. The number of hydrogen-bond donors (Lipinski definition) is 1. The number of amides is 1. The number of nitrogens with two attached hydrogens (primary N) is 1. The van der Waals surface area contributed by atoms with Gasteiger partial charge in [0.05, 0.1) is 5.56 Å². The van der Waals surface area contributed by atoms with Gasteiger partial charge in [-0.25, -0.2) is 0 Å². The molecule has 66 valence electrons. The van der Waals surface area contributed by atoms with Crippen molar-refractivity contribution < 1.29 is 4.79 Å². The van der Waals surface area contributed by atoms with Crippen molar-refractivity contribution >= 4 is 37.8 Å². The van der Waals surface area contributed by atoms with E-state index < -0.39 is 5.91 Å². The van der Waals surface area contributed by atoms with Gasteiger partial charge in [-0.1, -0.05) is 0 Å². The van der Waals surface area contributed by atoms with Gasteiger partial charge in [0.15, 0.2) is 0 Å². The summed E-state index contributed by atoms with van der Waals surface area (Å²) in [6.45, 7) is 0. The molecular weight excluding hydrogens is 300 g/mol. The van der Waals surface area contributed by atoms with Crippen LogP contribution in [0, 0.1) is 11.3 Å². The van der Waals surface area contributed by atoms with E-state index in [1.807, 2.05) is 6.07 Å². The lowest BCUT2D eigenvalue weighted by atomic mass is 10.1. The standard InChI is InChI=1S/C8H4Br2N2O/c9-6-1-4(8(12)13)2-7(10)5(6)3-11/h1-2H,(H2,12,13). The maximum atomic E-state index is 10.8. The third kappa shape index (κ3) is 2.08. The predicted molar refractivity (Wildman–Crippen MR) is 55.1 cm³/mol. The van der Waals surface area contributed by atoms with Gasteiger partial charge in [-0.05, 0) is 44.0 Å². The molecule has 0 aliphatic heterocycles. The number of carbonyl (C=O) groups is 1. The van der Waals surface area contributed by atoms with Crippen LogP contribution in [-0.2, 0) is 0 Å². The van der Waals surface area contributed by atoms with Gasteiger partial charge in [0, 0.05) is 14.5 Å². The fourth-order valence-corrected chi connectivity index (χ4v) is 2.19. The van der Waals surface area contributed by atoms with Crippen LogP contribution in [0.15, 0.2) is 21.1 Å². The molecule has 0 aliphatic carbocycles. The van der Waals surface area contributed by atoms with E-state index in [0.29, 0.717) is 20.1 Å². The summed E-state index contributed by atoms with van der Waals surface area (Å²) in [5.74, 6) is -0.522. The monoisotopic (exact) mass is 302 g/mol. The summed E-state index contributed by atoms with van der Waals surface area (Å²) < 4.78 is 1.11. The fraction of sp³-hybridized carbons (Fsp3) is 0. The van der Waals surface area contributed by atoms with Crippen LogP contribution >= 0.6 is 31.9 Å². The van der Waals surface area contributed by atoms with E-state index in [1.54, 1.807) is 0 Å². The van der Waals surface area contributed by atoms with Crippen molar-refractivity contribution in [1.29, 1.82) is 5.26 Å². The number of benzene rings is 1. The summed E-state index contributed by atoms with van der Waals surface area (Å²) in [7, 11) is 0. The molecule has 1 rings (SSSR count). The molecule has 5 heteroatoms. The Labute approximate surface area is 91.8 Å². The van der Waals surface area contributed by atoms with Gasteiger partial charge in [0.25, 0.3) is 0 Å². The number of nitrogens with zero attached hydrogens (tertiary/aromatic N) is 1. The third-order valence-electron chi connectivity index (χ3n) is 1.44. The van der Waals surface area contributed by atoms with Crippen molar-refractivity contribution in [3.63, 3.8) is 0 Å². The molecule has 0 bridgehead atoms. The van der Waals surface area contributed by atoms with Gasteiger partial charge in [0.1, 0.15) is 6.07 Å². The molecule has 0 saturated carbocycles. The lowest BCUT2D eigenvalue weighted by molar-refractivity contribution is 0.1000. The molecule has 0 fully saturated rings. The average molecular weight is 304 g/mol. The van der Waals surface area contributed by atoms with Crippen LogP contribution in [0.5, 0.6) is 0 Å². The molecule has 0 spiro atoms. The smallest absolute Gasteiger partial charge is 0.248 e. The van der Waals surface area contributed by atoms with Gasteiger partial charge in [-0.3, -0.25) is 4.79 Å². The first-order valence-electron chi connectivity index (χ1n) is 3.25. The predicted octanol–water partition coefficient (Wildman–Crippen LogP) is 2.18. The number of rotatable bonds is 1. The molecule has 0 unspecified atom stereocenters. The fourth-order valence-electron chi connectivity index (χ4n) is 0.822. The van der Waals surface area contributed by atoms with Crippen molar-refractivity contribution in [3.05, 3.63) is 32.2 Å². The number of halogens is 2. The Morgan fingerprint density at radius 1 is 1.38 bits per heavy atom. The molecule has 0 saturated heterocycles. The van der Waals surface area contributed by atoms with Crippen LogP contribution in [0.2, 0.25) is 0 Å². The summed E-state index contributed by atoms with van der Waals surface area (Å²) >= 11 is 6.33. The first-order valence-corrected chi connectivity index (χ1v) is 4.84. The molecule has 2 N–H and O–H groups in total. The second kappa shape index (κ2) is 3.90. The van der Waals surface area contributed by atoms with E-state index in [-0.39, 0.29) is 0 Å². The van der Waals surface area contributed by atoms with E-state index in [0.717, 1.165) is 0 Å². The Morgan fingerprint density at radius 3 is 2.15 bits per heavy atom. The van der Waals surface area contributed by atoms with E-state index in [9.17, 15) is 4.79 Å². The lowest BCUT2D eigenvalue weighted by Crippen LogP contribution is -2.11. The number of hydrogen-bond acceptors (Lipinski definition) is 2. The Balaban J connectivity index is 3.39. The molecule has 1 aromatic rings. The Kier molecular flexibility index (Phi) is 3.07. The zero-order valence-electron chi connectivity index (χ0n) is 6.34. The van der Waals surface area contributed by atoms with Crippen molar-refractivity contribution in [2.24, 2.45) is 5.73 Å². The van der Waals surface area contributed by atoms with Gasteiger partial charge < -0.3 is 5.73 Å². The molecule has 13 heavy (non-hydrogen) atoms. The second-order valence-electron chi connectivity index (χ2n) is 2.29. The Morgan fingerprint density at radius 2 is 1.85 bits per heavy atom. The lowest BCUT2D eigenvalue weighted by Gasteiger charge is -2.01. The van der Waals surface area contributed by atoms with Gasteiger partial charge in [-0.15, -0.1) is 0 Å². The van der Waals surface area contributed by atoms with Crippen LogP contribution in [0.25, 0.3) is 0 Å². The van der Waals surface area contributed by atoms with Crippen LogP contribution < -0.4 is 5.73 Å². The summed E-state index contributed by atoms with van der Waals surface area (Å²) in [6.07, 6.45) is 0. The van der Waals surface area contributed by atoms with Crippen molar-refractivity contribution in [1.82, 2.24) is 0 Å². The Bertz CT molecular complexity index is 386. The van der Waals surface area contributed by atoms with E-state index in [1.165, 1.54) is 12.1 Å². The van der Waals surface area contributed by atoms with Crippen LogP contribution in [-0.4, -0.2) is 5.91 Å². The third-order valence-corrected chi connectivity index (χ3v) is 2.69. The summed E-state index contributed by atoms with van der Waals surface area (Å²) in [6, 6.07) is 5.02. The van der Waals surface area contributed by atoms with Crippen LogP contribution in [0.3, 0.4) is 0 Å². The molecule has 0 atom stereocenters. The maximum absolute atomic E-state index is 10.8. The van der Waals surface area contributed by atoms with Crippen LogP contribution in [0.4, 0.5) is 0 Å². The van der Waals surface area contributed by atoms with E-state index in [2.05, 4.69) is 31.9 Å². The van der Waals surface area contributed by atoms with E-state index in [4.69, 9.17) is 11.0 Å². The molecule has 1 aromatic carbocycles. The first kappa shape index (κ1) is 10.2. The first-order chi connectivity index (χ1) is 6.06. The SMILES string of the molecule is N#Cc1c(Br)cc(C(N)=O)cc1Br. The average Bonchev–Trinajstić information content (AvgIpc) is 2.03. The number of carbonyl (C=O) groups excluding carboxylic acids is 1. The quantitative estimate of drug-likeness (QED) is 0.864. The summed E-state index contributed by atoms with van der Waals surface area (Å²) in [5, 5.41) is 8.70. The van der Waals surface area contributed by atoms with E-state index >= 15 is 0 Å². The van der Waals surface area contributed by atoms with Gasteiger partial charge in [-0.2, -0.15) is 5.26 Å². The minimum absolute atomic E-state index is 0.359. The molecule has 0 radical (unpaired) electrons. The maximum Gasteiger partial charge on any atom is 0.248 e. The highest BCUT2D eigenvalue weighted by atomic mass is 79.9. The minimum Gasteiger partial charge on any atom is -0.366 e. The van der Waals surface area contributed by atoms with Crippen molar-refractivity contribution in [2.45, 2.75) is 0 Å². The van der Waals surface area contributed by atoms with Crippen LogP contribution in [0.1, 0.15) is 15.9 Å². The highest BCUT2D eigenvalue weighted by molar-refractivity contribution is 9.11.